The lowest BCUT2D eigenvalue weighted by Crippen LogP contribution is -2.60. The van der Waals surface area contributed by atoms with Crippen molar-refractivity contribution in [2.75, 3.05) is 26.0 Å². The fraction of sp³-hybridized carbons (Fsp3) is 0.447. The Bertz CT molecular complexity index is 1960. The van der Waals surface area contributed by atoms with E-state index in [9.17, 15) is 13.2 Å². The number of rotatable bonds is 8. The third-order valence-corrected chi connectivity index (χ3v) is 12.8. The van der Waals surface area contributed by atoms with Crippen LogP contribution in [-0.2, 0) is 20.9 Å². The minimum Gasteiger partial charge on any atom is -0.493 e. The normalized spacial score (nSPS) is 22.7. The fourth-order valence-electron chi connectivity index (χ4n) is 7.68. The summed E-state index contributed by atoms with van der Waals surface area (Å²) in [5, 5.41) is 7.26. The standard InChI is InChI=1S/C38H44Cl3N5O5S/c1-5-51-32-23-31(41)33(52(4,49)50)22-30(32)34-44-37(2,24-10-14-26(39)15-11-24)38(3,25-12-16-27(40)17-13-25)46(34)36(48)45-20-18-29(19-21-45)43-35(47)42-28-8-6-7-9-28/h10-17,22-23,28-29H,5-9,18-21H2,1-4H3,(H2,42,43,47)/t37-,38+/m0/s1. The number of halogens is 3. The first-order valence-electron chi connectivity index (χ1n) is 17.6. The number of nitrogens with one attached hydrogen (secondary N) is 2. The van der Waals surface area contributed by atoms with E-state index >= 15 is 4.79 Å². The molecule has 2 N–H and O–H groups in total. The first kappa shape index (κ1) is 38.2. The average Bonchev–Trinajstić information content (AvgIpc) is 3.69. The zero-order valence-corrected chi connectivity index (χ0v) is 32.8. The van der Waals surface area contributed by atoms with Crippen molar-refractivity contribution >= 4 is 62.5 Å². The van der Waals surface area contributed by atoms with E-state index in [1.807, 2.05) is 45.0 Å². The molecule has 2 fully saturated rings. The van der Waals surface area contributed by atoms with Crippen LogP contribution in [-0.4, -0.2) is 74.2 Å². The van der Waals surface area contributed by atoms with Crippen LogP contribution in [0, 0.1) is 0 Å². The Balaban J connectivity index is 1.46. The largest absolute Gasteiger partial charge is 0.493 e. The summed E-state index contributed by atoms with van der Waals surface area (Å²) >= 11 is 19.3. The lowest BCUT2D eigenvalue weighted by molar-refractivity contribution is 0.0995. The molecule has 2 atom stereocenters. The summed E-state index contributed by atoms with van der Waals surface area (Å²) in [6.45, 7) is 6.71. The number of piperidine rings is 1. The zero-order chi connectivity index (χ0) is 37.4. The summed E-state index contributed by atoms with van der Waals surface area (Å²) in [5.41, 5.74) is -0.505. The van der Waals surface area contributed by atoms with Crippen molar-refractivity contribution in [1.82, 2.24) is 20.4 Å². The van der Waals surface area contributed by atoms with Gasteiger partial charge in [0.15, 0.2) is 9.84 Å². The molecule has 3 aliphatic rings. The predicted molar refractivity (Wildman–Crippen MR) is 206 cm³/mol. The topological polar surface area (TPSA) is 120 Å². The molecule has 10 nitrogen and oxygen atoms in total. The van der Waals surface area contributed by atoms with Crippen LogP contribution in [0.2, 0.25) is 15.1 Å². The number of aliphatic imine (C=N–C) groups is 1. The molecule has 6 rings (SSSR count). The van der Waals surface area contributed by atoms with Gasteiger partial charge in [0.05, 0.1) is 22.1 Å². The number of urea groups is 2. The molecule has 14 heteroatoms. The molecular weight excluding hydrogens is 745 g/mol. The van der Waals surface area contributed by atoms with Crippen LogP contribution < -0.4 is 15.4 Å². The molecule has 52 heavy (non-hydrogen) atoms. The van der Waals surface area contributed by atoms with Crippen LogP contribution in [0.25, 0.3) is 0 Å². The molecule has 1 aliphatic carbocycles. The SMILES string of the molecule is CCOc1cc(Cl)c(S(C)(=O)=O)cc1C1=N[C@@](C)(c2ccc(Cl)cc2)[C@@](C)(c2ccc(Cl)cc2)N1C(=O)N1CCC(NC(=O)NC2CCCC2)CC1. The number of hydrogen-bond donors (Lipinski definition) is 2. The van der Waals surface area contributed by atoms with Crippen molar-refractivity contribution in [1.29, 1.82) is 0 Å². The van der Waals surface area contributed by atoms with Crippen molar-refractivity contribution in [3.05, 3.63) is 92.4 Å². The number of likely N-dealkylation sites (tertiary alicyclic amines) is 1. The van der Waals surface area contributed by atoms with Gasteiger partial charge >= 0.3 is 12.1 Å². The highest BCUT2D eigenvalue weighted by molar-refractivity contribution is 7.90. The van der Waals surface area contributed by atoms with Gasteiger partial charge in [-0.15, -0.1) is 0 Å². The van der Waals surface area contributed by atoms with Gasteiger partial charge in [-0.3, -0.25) is 9.89 Å². The summed E-state index contributed by atoms with van der Waals surface area (Å²) in [6, 6.07) is 17.1. The Morgan fingerprint density at radius 3 is 1.94 bits per heavy atom. The van der Waals surface area contributed by atoms with Crippen LogP contribution in [0.15, 0.2) is 70.6 Å². The second kappa shape index (κ2) is 15.1. The van der Waals surface area contributed by atoms with Gasteiger partial charge in [0.1, 0.15) is 22.7 Å². The maximum Gasteiger partial charge on any atom is 0.326 e. The molecule has 2 aliphatic heterocycles. The number of carbonyl (C=O) groups is 2. The number of benzene rings is 3. The van der Waals surface area contributed by atoms with Crippen molar-refractivity contribution in [2.45, 2.75) is 87.4 Å². The van der Waals surface area contributed by atoms with Crippen LogP contribution in [0.5, 0.6) is 5.75 Å². The molecular formula is C38H44Cl3N5O5S. The molecule has 4 amide bonds. The molecule has 3 aromatic rings. The van der Waals surface area contributed by atoms with Crippen molar-refractivity contribution in [3.63, 3.8) is 0 Å². The highest BCUT2D eigenvalue weighted by Crippen LogP contribution is 2.54. The van der Waals surface area contributed by atoms with E-state index in [2.05, 4.69) is 10.6 Å². The van der Waals surface area contributed by atoms with Crippen molar-refractivity contribution < 1.29 is 22.7 Å². The zero-order valence-electron chi connectivity index (χ0n) is 29.7. The Hall–Kier alpha value is -3.51. The average molecular weight is 789 g/mol. The molecule has 0 spiro atoms. The second-order valence-electron chi connectivity index (χ2n) is 14.1. The van der Waals surface area contributed by atoms with Crippen LogP contribution in [0.1, 0.15) is 76.0 Å². The third-order valence-electron chi connectivity index (χ3n) is 10.7. The highest BCUT2D eigenvalue weighted by atomic mass is 35.5. The van der Waals surface area contributed by atoms with Crippen molar-refractivity contribution in [3.8, 4) is 5.75 Å². The smallest absolute Gasteiger partial charge is 0.326 e. The van der Waals surface area contributed by atoms with Gasteiger partial charge in [0.25, 0.3) is 0 Å². The van der Waals surface area contributed by atoms with Gasteiger partial charge in [-0.05, 0) is 87.9 Å². The van der Waals surface area contributed by atoms with E-state index in [0.29, 0.717) is 41.5 Å². The van der Waals surface area contributed by atoms with E-state index in [0.717, 1.165) is 43.1 Å². The summed E-state index contributed by atoms with van der Waals surface area (Å²) in [7, 11) is -3.80. The molecule has 1 saturated heterocycles. The van der Waals surface area contributed by atoms with Gasteiger partial charge in [-0.25, -0.2) is 18.0 Å². The highest BCUT2D eigenvalue weighted by Gasteiger charge is 2.60. The summed E-state index contributed by atoms with van der Waals surface area (Å²) in [5.74, 6) is 0.507. The van der Waals surface area contributed by atoms with Gasteiger partial charge in [0.2, 0.25) is 0 Å². The lowest BCUT2D eigenvalue weighted by Gasteiger charge is -2.47. The molecule has 278 valence electrons. The monoisotopic (exact) mass is 787 g/mol. The summed E-state index contributed by atoms with van der Waals surface area (Å²) in [4.78, 5) is 36.7. The number of nitrogens with zero attached hydrogens (tertiary/aromatic N) is 3. The summed E-state index contributed by atoms with van der Waals surface area (Å²) < 4.78 is 32.1. The van der Waals surface area contributed by atoms with E-state index in [1.165, 1.54) is 12.1 Å². The maximum atomic E-state index is 15.2. The van der Waals surface area contributed by atoms with Gasteiger partial charge < -0.3 is 20.3 Å². The minimum atomic E-state index is -3.80. The number of ether oxygens (including phenoxy) is 1. The number of amidine groups is 1. The first-order chi connectivity index (χ1) is 24.7. The number of hydrogen-bond acceptors (Lipinski definition) is 6. The summed E-state index contributed by atoms with van der Waals surface area (Å²) in [6.07, 6.45) is 6.42. The molecule has 0 bridgehead atoms. The Labute approximate surface area is 320 Å². The lowest BCUT2D eigenvalue weighted by atomic mass is 9.71. The molecule has 1 saturated carbocycles. The quantitative estimate of drug-likeness (QED) is 0.239. The van der Waals surface area contributed by atoms with E-state index in [4.69, 9.17) is 44.5 Å². The third kappa shape index (κ3) is 7.34. The van der Waals surface area contributed by atoms with Gasteiger partial charge in [-0.1, -0.05) is 71.9 Å². The Morgan fingerprint density at radius 2 is 1.40 bits per heavy atom. The van der Waals surface area contributed by atoms with Crippen molar-refractivity contribution in [2.24, 2.45) is 4.99 Å². The molecule has 0 unspecified atom stereocenters. The van der Waals surface area contributed by atoms with Crippen LogP contribution >= 0.6 is 34.8 Å². The fourth-order valence-corrected chi connectivity index (χ4v) is 9.25. The van der Waals surface area contributed by atoms with E-state index < -0.39 is 20.9 Å². The van der Waals surface area contributed by atoms with E-state index in [1.54, 1.807) is 34.1 Å². The van der Waals surface area contributed by atoms with Crippen LogP contribution in [0.4, 0.5) is 9.59 Å². The molecule has 0 aromatic heterocycles. The predicted octanol–water partition coefficient (Wildman–Crippen LogP) is 8.17. The first-order valence-corrected chi connectivity index (χ1v) is 20.6. The molecule has 3 aromatic carbocycles. The number of sulfone groups is 1. The number of amides is 4. The Kier molecular flexibility index (Phi) is 11.1. The number of carbonyl (C=O) groups excluding carboxylic acids is 2. The van der Waals surface area contributed by atoms with Gasteiger partial charge in [0, 0.05) is 47.5 Å². The molecule has 2 heterocycles. The second-order valence-corrected chi connectivity index (χ2v) is 17.3. The van der Waals surface area contributed by atoms with Gasteiger partial charge in [-0.2, -0.15) is 0 Å². The van der Waals surface area contributed by atoms with Crippen LogP contribution in [0.3, 0.4) is 0 Å². The maximum absolute atomic E-state index is 15.2. The molecule has 0 radical (unpaired) electrons. The van der Waals surface area contributed by atoms with E-state index in [-0.39, 0.29) is 52.3 Å². The Morgan fingerprint density at radius 1 is 0.865 bits per heavy atom. The minimum absolute atomic E-state index is 0.00126.